The SMILES string of the molecule is CCCCCCCCCCCCCCCCOc1cc(-c2ccc(C(=O)/C=C(\OB3Oc4cccc5cccc(c45)O3)c3ccc(-c4cc(OCCCCCCCCCCCCCCCC)c(OCCCCCCCCCCCCCCCC)c(OCCCCCCCCCCCCCCCC)c4)[nH]3)[nH]2)cc(OCCCCCCCCCCCCCCCC)c1OCCCCCCCCCCCCCCCC. The van der Waals surface area contributed by atoms with Crippen molar-refractivity contribution in [1.29, 1.82) is 0 Å². The Balaban J connectivity index is 1.16. The molecule has 0 fully saturated rings. The second kappa shape index (κ2) is 86.4. The lowest BCUT2D eigenvalue weighted by Gasteiger charge is -2.24. The Bertz CT molecular complexity index is 3820. The molecule has 0 spiro atoms. The molecule has 2 aromatic heterocycles. The molecule has 0 unspecified atom stereocenters. The Hall–Kier alpha value is -6.63. The van der Waals surface area contributed by atoms with Crippen LogP contribution in [0.2, 0.25) is 0 Å². The molecule has 3 heterocycles. The maximum absolute atomic E-state index is 15.5. The number of rotatable bonds is 103. The normalized spacial score (nSPS) is 12.0. The average molecular weight is 1960 g/mol. The lowest BCUT2D eigenvalue weighted by molar-refractivity contribution is 0.104. The highest BCUT2D eigenvalue weighted by Gasteiger charge is 2.37. The molecule has 6 aromatic rings. The number of hydrogen-bond acceptors (Lipinski definition) is 10. The van der Waals surface area contributed by atoms with Crippen molar-refractivity contribution < 1.29 is 47.2 Å². The molecule has 0 radical (unpaired) electrons. The van der Waals surface area contributed by atoms with Crippen LogP contribution in [0, 0.1) is 0 Å². The van der Waals surface area contributed by atoms with E-state index in [1.807, 2.05) is 42.5 Å². The number of hydrogen-bond donors (Lipinski definition) is 2. The van der Waals surface area contributed by atoms with Crippen molar-refractivity contribution in [3.8, 4) is 68.5 Å². The first-order chi connectivity index (χ1) is 70.4. The van der Waals surface area contributed by atoms with Crippen molar-refractivity contribution in [2.45, 2.75) is 581 Å². The van der Waals surface area contributed by atoms with Gasteiger partial charge in [0.1, 0.15) is 17.3 Å². The Morgan fingerprint density at radius 3 is 0.683 bits per heavy atom. The fourth-order valence-corrected chi connectivity index (χ4v) is 20.7. The first-order valence-electron chi connectivity index (χ1n) is 61.7. The van der Waals surface area contributed by atoms with Crippen molar-refractivity contribution >= 4 is 29.6 Å². The fourth-order valence-electron chi connectivity index (χ4n) is 20.7. The smallest absolute Gasteiger partial charge is 0.490 e. The van der Waals surface area contributed by atoms with E-state index in [0.717, 1.165) is 110 Å². The molecule has 0 bridgehead atoms. The summed E-state index contributed by atoms with van der Waals surface area (Å²) in [6.07, 6.45) is 111. The van der Waals surface area contributed by atoms with Gasteiger partial charge < -0.3 is 52.4 Å². The minimum atomic E-state index is -1.23. The average Bonchev–Trinajstić information content (AvgIpc) is 1.60. The van der Waals surface area contributed by atoms with E-state index in [-0.39, 0.29) is 11.5 Å². The molecular formula is C129H215BN2O10. The van der Waals surface area contributed by atoms with Gasteiger partial charge in [0, 0.05) is 28.6 Å². The zero-order valence-electron chi connectivity index (χ0n) is 93.0. The number of unbranched alkanes of at least 4 members (excludes halogenated alkanes) is 78. The quantitative estimate of drug-likeness (QED) is 0.0125. The summed E-state index contributed by atoms with van der Waals surface area (Å²) in [5.74, 6) is 5.39. The molecule has 142 heavy (non-hydrogen) atoms. The van der Waals surface area contributed by atoms with Gasteiger partial charge >= 0.3 is 7.32 Å². The number of ether oxygens (including phenoxy) is 6. The van der Waals surface area contributed by atoms with Crippen LogP contribution < -0.4 is 37.7 Å². The molecule has 12 nitrogen and oxygen atoms in total. The van der Waals surface area contributed by atoms with E-state index in [0.29, 0.717) is 97.0 Å². The van der Waals surface area contributed by atoms with Crippen LogP contribution in [-0.2, 0) is 4.65 Å². The highest BCUT2D eigenvalue weighted by molar-refractivity contribution is 6.41. The fraction of sp³-hybridized carbons (Fsp3) is 0.744. The molecule has 7 rings (SSSR count). The van der Waals surface area contributed by atoms with Gasteiger partial charge in [0.05, 0.1) is 56.4 Å². The van der Waals surface area contributed by atoms with Gasteiger partial charge in [-0.25, -0.2) is 0 Å². The van der Waals surface area contributed by atoms with E-state index in [4.69, 9.17) is 42.4 Å². The number of carbonyl (C=O) groups excluding carboxylic acids is 1. The van der Waals surface area contributed by atoms with E-state index in [2.05, 4.69) is 94.0 Å². The van der Waals surface area contributed by atoms with Crippen LogP contribution in [0.25, 0.3) is 39.0 Å². The summed E-state index contributed by atoms with van der Waals surface area (Å²) in [6, 6.07) is 28.4. The van der Waals surface area contributed by atoms with Crippen LogP contribution in [0.3, 0.4) is 0 Å². The van der Waals surface area contributed by atoms with Crippen LogP contribution in [0.5, 0.6) is 46.0 Å². The monoisotopic (exact) mass is 1960 g/mol. The van der Waals surface area contributed by atoms with Gasteiger partial charge in [-0.3, -0.25) is 4.79 Å². The minimum Gasteiger partial charge on any atom is -0.490 e. The molecular weight excluding hydrogens is 1750 g/mol. The number of carbonyl (C=O) groups is 1. The molecule has 0 amide bonds. The largest absolute Gasteiger partial charge is 0.864 e. The maximum Gasteiger partial charge on any atom is 0.864 e. The zero-order chi connectivity index (χ0) is 100.0. The van der Waals surface area contributed by atoms with E-state index in [9.17, 15) is 0 Å². The van der Waals surface area contributed by atoms with Crippen LogP contribution in [-0.4, -0.2) is 62.7 Å². The predicted octanol–water partition coefficient (Wildman–Crippen LogP) is 42.7. The van der Waals surface area contributed by atoms with Gasteiger partial charge in [0.2, 0.25) is 17.3 Å². The second-order valence-electron chi connectivity index (χ2n) is 43.0. The number of nitrogens with one attached hydrogen (secondary N) is 2. The number of aromatic nitrogens is 2. The van der Waals surface area contributed by atoms with Crippen molar-refractivity contribution in [3.63, 3.8) is 0 Å². The Morgan fingerprint density at radius 1 is 0.246 bits per heavy atom. The third-order valence-electron chi connectivity index (χ3n) is 29.8. The number of allylic oxidation sites excluding steroid dienone is 1. The molecule has 1 aliphatic heterocycles. The number of H-pyrrole nitrogens is 2. The summed E-state index contributed by atoms with van der Waals surface area (Å²) >= 11 is 0. The van der Waals surface area contributed by atoms with Gasteiger partial charge in [0.15, 0.2) is 23.0 Å². The summed E-state index contributed by atoms with van der Waals surface area (Å²) in [4.78, 5) is 22.9. The Labute approximate surface area is 872 Å². The first-order valence-corrected chi connectivity index (χ1v) is 61.7. The minimum absolute atomic E-state index is 0.249. The molecule has 4 aromatic carbocycles. The van der Waals surface area contributed by atoms with Crippen molar-refractivity contribution in [1.82, 2.24) is 9.97 Å². The second-order valence-corrected chi connectivity index (χ2v) is 43.0. The molecule has 804 valence electrons. The Morgan fingerprint density at radius 2 is 0.451 bits per heavy atom. The molecule has 0 saturated carbocycles. The molecule has 1 aliphatic rings. The van der Waals surface area contributed by atoms with Gasteiger partial charge in [0.25, 0.3) is 0 Å². The first kappa shape index (κ1) is 122. The van der Waals surface area contributed by atoms with Crippen LogP contribution in [0.15, 0.2) is 91.0 Å². The summed E-state index contributed by atoms with van der Waals surface area (Å²) in [7, 11) is -1.23. The van der Waals surface area contributed by atoms with Crippen molar-refractivity contribution in [2.24, 2.45) is 0 Å². The van der Waals surface area contributed by atoms with Crippen LogP contribution in [0.4, 0.5) is 0 Å². The Kier molecular flexibility index (Phi) is 74.4. The lowest BCUT2D eigenvalue weighted by Crippen LogP contribution is -2.35. The summed E-state index contributed by atoms with van der Waals surface area (Å²) in [5, 5.41) is 1.88. The third-order valence-corrected chi connectivity index (χ3v) is 29.8. The molecule has 0 saturated heterocycles. The van der Waals surface area contributed by atoms with Gasteiger partial charge in [-0.2, -0.15) is 0 Å². The number of benzene rings is 4. The summed E-state index contributed by atoms with van der Waals surface area (Å²) in [6.45, 7) is 17.3. The molecule has 2 N–H and O–H groups in total. The summed E-state index contributed by atoms with van der Waals surface area (Å²) in [5.41, 5.74) is 4.27. The van der Waals surface area contributed by atoms with Crippen LogP contribution in [0.1, 0.15) is 597 Å². The van der Waals surface area contributed by atoms with Gasteiger partial charge in [-0.1, -0.05) is 567 Å². The predicted molar refractivity (Wildman–Crippen MR) is 612 cm³/mol. The molecule has 13 heteroatoms. The number of ketones is 1. The zero-order valence-corrected chi connectivity index (χ0v) is 93.0. The van der Waals surface area contributed by atoms with E-state index in [1.165, 1.54) is 462 Å². The van der Waals surface area contributed by atoms with Gasteiger partial charge in [-0.05, 0) is 105 Å². The third kappa shape index (κ3) is 57.6. The lowest BCUT2D eigenvalue weighted by atomic mass is 10.0. The number of aromatic amines is 2. The van der Waals surface area contributed by atoms with Crippen LogP contribution >= 0.6 is 0 Å². The summed E-state index contributed by atoms with van der Waals surface area (Å²) < 4.78 is 62.1. The molecule has 0 aliphatic carbocycles. The highest BCUT2D eigenvalue weighted by atomic mass is 16.7. The van der Waals surface area contributed by atoms with Gasteiger partial charge in [-0.15, -0.1) is 0 Å². The van der Waals surface area contributed by atoms with E-state index < -0.39 is 7.32 Å². The highest BCUT2D eigenvalue weighted by Crippen LogP contribution is 2.46. The van der Waals surface area contributed by atoms with Crippen molar-refractivity contribution in [3.05, 3.63) is 102 Å². The molecule has 0 atom stereocenters. The van der Waals surface area contributed by atoms with E-state index in [1.54, 1.807) is 6.08 Å². The standard InChI is InChI=1S/C129H215BN2O10/c1-7-13-19-25-31-37-43-49-55-61-67-73-79-85-101-134-123-107-113(108-124(135-102-86-80-74-68-62-56-50-44-38-32-26-20-14-8-2)128(123)138-105-89-83-77-71-65-59-53-47-41-35-29-23-17-11-5)115-97-99-117(131-115)119(133)111-122(142-130-140-120-95-91-93-112-94-92-96-121(141-130)127(112)120)118-100-98-116(132-118)114-109-125(136-103-87-81-75-69-63-57-51-45-39-33-27-21-15-9-3)129(139-106-90-84-78-72-66-60-54-48-42-36-30-24-18-12-6)126(110-114)137-104-88-82-76-70-64-58-52-46-40-34-28-22-16-10-4/h91-100,107-111,131-132H,7-90,101-106H2,1-6H3/b122-111-. The van der Waals surface area contributed by atoms with E-state index >= 15 is 4.79 Å². The van der Waals surface area contributed by atoms with Crippen molar-refractivity contribution in [2.75, 3.05) is 39.6 Å². The maximum atomic E-state index is 15.5. The topological polar surface area (TPSA) is 132 Å².